The summed E-state index contributed by atoms with van der Waals surface area (Å²) in [4.78, 5) is 29.8. The molecule has 0 amide bonds. The lowest BCUT2D eigenvalue weighted by Crippen LogP contribution is -2.48. The minimum atomic E-state index is -1.36. The van der Waals surface area contributed by atoms with Gasteiger partial charge in [0.05, 0.1) is 11.1 Å². The van der Waals surface area contributed by atoms with E-state index in [-0.39, 0.29) is 12.4 Å². The maximum Gasteiger partial charge on any atom is 0.324 e. The summed E-state index contributed by atoms with van der Waals surface area (Å²) >= 11 is 3.60. The minimum absolute atomic E-state index is 0.181. The molecule has 39 heavy (non-hydrogen) atoms. The van der Waals surface area contributed by atoms with Crippen molar-refractivity contribution in [1.29, 1.82) is 0 Å². The number of carbonyl (C=O) groups is 2. The number of halogens is 2. The number of hydrogen-bond donors (Lipinski definition) is 1. The number of benzene rings is 3. The molecule has 7 nitrogen and oxygen atoms in total. The van der Waals surface area contributed by atoms with Gasteiger partial charge in [0.15, 0.2) is 17.4 Å². The van der Waals surface area contributed by atoms with E-state index in [2.05, 4.69) is 20.9 Å². The van der Waals surface area contributed by atoms with E-state index in [1.54, 1.807) is 30.5 Å². The first-order valence-corrected chi connectivity index (χ1v) is 13.3. The molecule has 1 N–H and O–H groups in total. The van der Waals surface area contributed by atoms with Crippen molar-refractivity contribution in [3.63, 3.8) is 0 Å². The van der Waals surface area contributed by atoms with Crippen LogP contribution in [0, 0.1) is 11.7 Å². The Morgan fingerprint density at radius 3 is 2.41 bits per heavy atom. The summed E-state index contributed by atoms with van der Waals surface area (Å²) in [6, 6.07) is 17.2. The van der Waals surface area contributed by atoms with Crippen molar-refractivity contribution in [1.82, 2.24) is 4.98 Å². The Balaban J connectivity index is 1.60. The topological polar surface area (TPSA) is 86.9 Å². The summed E-state index contributed by atoms with van der Waals surface area (Å²) in [5.41, 5.74) is 3.00. The summed E-state index contributed by atoms with van der Waals surface area (Å²) in [6.07, 6.45) is 1.79. The number of esters is 2. The van der Waals surface area contributed by atoms with Gasteiger partial charge in [-0.25, -0.2) is 4.39 Å². The van der Waals surface area contributed by atoms with Gasteiger partial charge in [0.25, 0.3) is 5.79 Å². The highest BCUT2D eigenvalue weighted by atomic mass is 79.9. The van der Waals surface area contributed by atoms with Gasteiger partial charge in [-0.05, 0) is 69.9 Å². The Bertz CT molecular complexity index is 1510. The molecular formula is C30H27BrFNO6. The van der Waals surface area contributed by atoms with Gasteiger partial charge in [0, 0.05) is 36.9 Å². The van der Waals surface area contributed by atoms with E-state index < -0.39 is 29.6 Å². The Hall–Kier alpha value is -3.85. The Kier molecular flexibility index (Phi) is 7.36. The molecule has 4 aromatic rings. The third-order valence-corrected chi connectivity index (χ3v) is 7.07. The number of H-pyrrole nitrogens is 1. The Labute approximate surface area is 233 Å². The number of hydrogen-bond acceptors (Lipinski definition) is 6. The van der Waals surface area contributed by atoms with Crippen LogP contribution >= 0.6 is 15.9 Å². The van der Waals surface area contributed by atoms with E-state index in [9.17, 15) is 14.0 Å². The molecule has 1 fully saturated rings. The van der Waals surface area contributed by atoms with Crippen molar-refractivity contribution in [2.75, 3.05) is 6.61 Å². The highest BCUT2D eigenvalue weighted by molar-refractivity contribution is 9.10. The van der Waals surface area contributed by atoms with Crippen LogP contribution in [0.2, 0.25) is 0 Å². The zero-order chi connectivity index (χ0) is 27.7. The molecule has 1 saturated heterocycles. The molecule has 0 radical (unpaired) electrons. The molecule has 0 saturated carbocycles. The van der Waals surface area contributed by atoms with Crippen LogP contribution in [-0.4, -0.2) is 29.3 Å². The summed E-state index contributed by atoms with van der Waals surface area (Å²) < 4.78 is 36.9. The first-order chi connectivity index (χ1) is 18.7. The molecule has 9 heteroatoms. The molecule has 1 aromatic heterocycles. The molecule has 1 aliphatic rings. The van der Waals surface area contributed by atoms with Crippen LogP contribution in [0.5, 0.6) is 11.5 Å². The van der Waals surface area contributed by atoms with E-state index in [0.29, 0.717) is 28.1 Å². The van der Waals surface area contributed by atoms with E-state index in [1.165, 1.54) is 26.0 Å². The fourth-order valence-electron chi connectivity index (χ4n) is 4.81. The molecule has 1 atom stereocenters. The van der Waals surface area contributed by atoms with Crippen molar-refractivity contribution < 1.29 is 32.9 Å². The maximum absolute atomic E-state index is 13.3. The normalized spacial score (nSPS) is 16.0. The lowest BCUT2D eigenvalue weighted by atomic mass is 9.80. The number of rotatable bonds is 8. The number of fused-ring (bicyclic) bond motifs is 1. The number of cyclic esters (lactones) is 2. The standard InChI is InChI=1S/C30H27BrFNO6/c1-4-36-24-14-18(13-22(31)27(24)37-16-17-9-11-19(32)12-10-17)25(21-15-33-23-8-6-5-7-20(21)23)26-28(34)38-30(2,3)39-29(26)35/h5-15,25-26,33H,4,16H2,1-3H3/t25-/m0/s1. The van der Waals surface area contributed by atoms with Gasteiger partial charge in [-0.1, -0.05) is 30.3 Å². The smallest absolute Gasteiger partial charge is 0.324 e. The molecule has 3 aromatic carbocycles. The fraction of sp³-hybridized carbons (Fsp3) is 0.267. The van der Waals surface area contributed by atoms with Crippen LogP contribution in [0.3, 0.4) is 0 Å². The molecule has 2 heterocycles. The van der Waals surface area contributed by atoms with Crippen molar-refractivity contribution in [2.24, 2.45) is 5.92 Å². The van der Waals surface area contributed by atoms with Gasteiger partial charge in [-0.3, -0.25) is 9.59 Å². The minimum Gasteiger partial charge on any atom is -0.490 e. The van der Waals surface area contributed by atoms with E-state index >= 15 is 0 Å². The molecular weight excluding hydrogens is 569 g/mol. The third-order valence-electron chi connectivity index (χ3n) is 6.48. The molecule has 0 spiro atoms. The summed E-state index contributed by atoms with van der Waals surface area (Å²) in [7, 11) is 0. The van der Waals surface area contributed by atoms with Crippen LogP contribution in [0.25, 0.3) is 10.9 Å². The van der Waals surface area contributed by atoms with Crippen LogP contribution in [-0.2, 0) is 25.7 Å². The predicted octanol–water partition coefficient (Wildman–Crippen LogP) is 6.63. The molecule has 0 bridgehead atoms. The highest BCUT2D eigenvalue weighted by Crippen LogP contribution is 2.45. The fourth-order valence-corrected chi connectivity index (χ4v) is 5.38. The lowest BCUT2D eigenvalue weighted by Gasteiger charge is -2.36. The summed E-state index contributed by atoms with van der Waals surface area (Å²) in [6.45, 7) is 5.43. The first-order valence-electron chi connectivity index (χ1n) is 12.5. The lowest BCUT2D eigenvalue weighted by molar-refractivity contribution is -0.240. The highest BCUT2D eigenvalue weighted by Gasteiger charge is 2.49. The quantitative estimate of drug-likeness (QED) is 0.182. The van der Waals surface area contributed by atoms with Crippen molar-refractivity contribution in [3.05, 3.63) is 93.8 Å². The molecule has 0 unspecified atom stereocenters. The second-order valence-electron chi connectivity index (χ2n) is 9.67. The number of nitrogens with one attached hydrogen (secondary N) is 1. The van der Waals surface area contributed by atoms with E-state index in [0.717, 1.165) is 22.0 Å². The van der Waals surface area contributed by atoms with Gasteiger partial charge in [0.2, 0.25) is 0 Å². The van der Waals surface area contributed by atoms with E-state index in [4.69, 9.17) is 18.9 Å². The zero-order valence-electron chi connectivity index (χ0n) is 21.6. The monoisotopic (exact) mass is 595 g/mol. The van der Waals surface area contributed by atoms with Gasteiger partial charge in [-0.15, -0.1) is 0 Å². The predicted molar refractivity (Wildman–Crippen MR) is 146 cm³/mol. The van der Waals surface area contributed by atoms with Crippen LogP contribution in [0.15, 0.2) is 71.3 Å². The number of aromatic nitrogens is 1. The van der Waals surface area contributed by atoms with E-state index in [1.807, 2.05) is 31.2 Å². The Morgan fingerprint density at radius 1 is 1.03 bits per heavy atom. The van der Waals surface area contributed by atoms with Crippen molar-refractivity contribution in [2.45, 2.75) is 39.1 Å². The van der Waals surface area contributed by atoms with Crippen molar-refractivity contribution >= 4 is 38.8 Å². The van der Waals surface area contributed by atoms with Crippen LogP contribution in [0.4, 0.5) is 4.39 Å². The number of aromatic amines is 1. The van der Waals surface area contributed by atoms with Gasteiger partial charge >= 0.3 is 11.9 Å². The Morgan fingerprint density at radius 2 is 1.72 bits per heavy atom. The molecule has 5 rings (SSSR count). The SMILES string of the molecule is CCOc1cc([C@@H](c2c[nH]c3ccccc23)C2C(=O)OC(C)(C)OC2=O)cc(Br)c1OCc1ccc(F)cc1. The summed E-state index contributed by atoms with van der Waals surface area (Å²) in [5, 5.41) is 0.860. The molecule has 1 aliphatic heterocycles. The number of carbonyl (C=O) groups excluding carboxylic acids is 2. The number of ether oxygens (including phenoxy) is 4. The first kappa shape index (κ1) is 26.7. The summed E-state index contributed by atoms with van der Waals surface area (Å²) in [5.74, 6) is -4.15. The van der Waals surface area contributed by atoms with Gasteiger partial charge in [-0.2, -0.15) is 0 Å². The average molecular weight is 596 g/mol. The van der Waals surface area contributed by atoms with Crippen molar-refractivity contribution in [3.8, 4) is 11.5 Å². The molecule has 0 aliphatic carbocycles. The average Bonchev–Trinajstić information content (AvgIpc) is 3.30. The van der Waals surface area contributed by atoms with Gasteiger partial charge < -0.3 is 23.9 Å². The van der Waals surface area contributed by atoms with Crippen LogP contribution in [0.1, 0.15) is 43.4 Å². The largest absolute Gasteiger partial charge is 0.490 e. The van der Waals surface area contributed by atoms with Gasteiger partial charge in [0.1, 0.15) is 12.4 Å². The molecule has 202 valence electrons. The maximum atomic E-state index is 13.3. The number of para-hydroxylation sites is 1. The third kappa shape index (κ3) is 5.49. The van der Waals surface area contributed by atoms with Crippen LogP contribution < -0.4 is 9.47 Å². The second-order valence-corrected chi connectivity index (χ2v) is 10.5. The zero-order valence-corrected chi connectivity index (χ0v) is 23.2. The second kappa shape index (κ2) is 10.7.